The molecule has 0 N–H and O–H groups in total. The molecule has 0 radical (unpaired) electrons. The van der Waals surface area contributed by atoms with Crippen LogP contribution in [0.4, 0.5) is 0 Å². The lowest BCUT2D eigenvalue weighted by Crippen LogP contribution is -2.34. The summed E-state index contributed by atoms with van der Waals surface area (Å²) in [6.45, 7) is 8.40. The van der Waals surface area contributed by atoms with Crippen LogP contribution in [0.5, 0.6) is 0 Å². The van der Waals surface area contributed by atoms with Gasteiger partial charge < -0.3 is 4.90 Å². The Morgan fingerprint density at radius 3 is 2.39 bits per heavy atom. The Balaban J connectivity index is 1.38. The smallest absolute Gasteiger partial charge is 0.222 e. The Morgan fingerprint density at radius 2 is 1.71 bits per heavy atom. The third-order valence-corrected chi connectivity index (χ3v) is 6.14. The van der Waals surface area contributed by atoms with Crippen LogP contribution >= 0.6 is 0 Å². The van der Waals surface area contributed by atoms with E-state index in [2.05, 4.69) is 49.1 Å². The summed E-state index contributed by atoms with van der Waals surface area (Å²) < 4.78 is 0. The van der Waals surface area contributed by atoms with Gasteiger partial charge in [-0.25, -0.2) is 0 Å². The minimum absolute atomic E-state index is 0.265. The number of likely N-dealkylation sites (tertiary alicyclic amines) is 1. The maximum atomic E-state index is 12.5. The second-order valence-electron chi connectivity index (χ2n) is 8.41. The van der Waals surface area contributed by atoms with Crippen molar-refractivity contribution in [3.05, 3.63) is 70.8 Å². The summed E-state index contributed by atoms with van der Waals surface area (Å²) in [6, 6.07) is 17.0. The maximum Gasteiger partial charge on any atom is 0.222 e. The van der Waals surface area contributed by atoms with Crippen LogP contribution in [-0.4, -0.2) is 35.8 Å². The van der Waals surface area contributed by atoms with E-state index in [4.69, 9.17) is 0 Å². The highest BCUT2D eigenvalue weighted by molar-refractivity contribution is 5.75. The second kappa shape index (κ2) is 9.88. The molecule has 1 aliphatic heterocycles. The van der Waals surface area contributed by atoms with Crippen molar-refractivity contribution in [2.45, 2.75) is 52.6 Å². The predicted octanol–water partition coefficient (Wildman–Crippen LogP) is 4.95. The first-order valence-electron chi connectivity index (χ1n) is 10.6. The van der Waals surface area contributed by atoms with E-state index in [1.165, 1.54) is 35.1 Å². The molecule has 0 unspecified atom stereocenters. The van der Waals surface area contributed by atoms with Crippen molar-refractivity contribution >= 4 is 5.91 Å². The van der Waals surface area contributed by atoms with Crippen molar-refractivity contribution in [3.8, 4) is 0 Å². The van der Waals surface area contributed by atoms with Crippen molar-refractivity contribution in [1.29, 1.82) is 0 Å². The van der Waals surface area contributed by atoms with Gasteiger partial charge in [0.15, 0.2) is 0 Å². The van der Waals surface area contributed by atoms with Crippen LogP contribution in [0.15, 0.2) is 48.5 Å². The molecule has 1 saturated heterocycles. The SMILES string of the molecule is Cc1ccc(CN2CCC(CCC(=O)N(C)Cc3ccccc3)CC2)cc1C. The minimum atomic E-state index is 0.265. The Bertz CT molecular complexity index is 763. The van der Waals surface area contributed by atoms with Gasteiger partial charge in [0.05, 0.1) is 0 Å². The predicted molar refractivity (Wildman–Crippen MR) is 116 cm³/mol. The van der Waals surface area contributed by atoms with Crippen molar-refractivity contribution in [1.82, 2.24) is 9.80 Å². The zero-order valence-electron chi connectivity index (χ0n) is 17.7. The fourth-order valence-corrected chi connectivity index (χ4v) is 4.06. The molecule has 3 rings (SSSR count). The van der Waals surface area contributed by atoms with Crippen LogP contribution in [0.3, 0.4) is 0 Å². The summed E-state index contributed by atoms with van der Waals surface area (Å²) in [5, 5.41) is 0. The molecule has 3 heteroatoms. The van der Waals surface area contributed by atoms with Gasteiger partial charge in [0, 0.05) is 26.6 Å². The summed E-state index contributed by atoms with van der Waals surface area (Å²) in [6.07, 6.45) is 4.11. The van der Waals surface area contributed by atoms with Gasteiger partial charge in [0.25, 0.3) is 0 Å². The molecular formula is C25H34N2O. The van der Waals surface area contributed by atoms with Gasteiger partial charge in [-0.15, -0.1) is 0 Å². The van der Waals surface area contributed by atoms with Gasteiger partial charge in [-0.1, -0.05) is 48.5 Å². The van der Waals surface area contributed by atoms with Crippen molar-refractivity contribution in [2.75, 3.05) is 20.1 Å². The molecule has 150 valence electrons. The van der Waals surface area contributed by atoms with Crippen LogP contribution in [0.25, 0.3) is 0 Å². The first-order chi connectivity index (χ1) is 13.5. The third-order valence-electron chi connectivity index (χ3n) is 6.14. The lowest BCUT2D eigenvalue weighted by molar-refractivity contribution is -0.130. The largest absolute Gasteiger partial charge is 0.341 e. The van der Waals surface area contributed by atoms with E-state index in [1.807, 2.05) is 30.1 Å². The number of amides is 1. The molecule has 0 spiro atoms. The number of piperidine rings is 1. The van der Waals surface area contributed by atoms with Gasteiger partial charge in [-0.3, -0.25) is 9.69 Å². The maximum absolute atomic E-state index is 12.5. The van der Waals surface area contributed by atoms with Crippen LogP contribution in [-0.2, 0) is 17.9 Å². The average Bonchev–Trinajstić information content (AvgIpc) is 2.71. The molecule has 0 aromatic heterocycles. The van der Waals surface area contributed by atoms with Gasteiger partial charge >= 0.3 is 0 Å². The highest BCUT2D eigenvalue weighted by atomic mass is 16.2. The molecular weight excluding hydrogens is 344 g/mol. The number of hydrogen-bond donors (Lipinski definition) is 0. The Morgan fingerprint density at radius 1 is 1.00 bits per heavy atom. The Labute approximate surface area is 170 Å². The molecule has 2 aromatic carbocycles. The van der Waals surface area contributed by atoms with Gasteiger partial charge in [0.1, 0.15) is 0 Å². The van der Waals surface area contributed by atoms with E-state index >= 15 is 0 Å². The number of hydrogen-bond acceptors (Lipinski definition) is 2. The number of benzene rings is 2. The Hall–Kier alpha value is -2.13. The summed E-state index contributed by atoms with van der Waals surface area (Å²) in [5.41, 5.74) is 5.35. The molecule has 0 saturated carbocycles. The zero-order valence-corrected chi connectivity index (χ0v) is 17.7. The fourth-order valence-electron chi connectivity index (χ4n) is 4.06. The highest BCUT2D eigenvalue weighted by Crippen LogP contribution is 2.24. The van der Waals surface area contributed by atoms with E-state index in [9.17, 15) is 4.79 Å². The summed E-state index contributed by atoms with van der Waals surface area (Å²) in [7, 11) is 1.92. The molecule has 1 fully saturated rings. The highest BCUT2D eigenvalue weighted by Gasteiger charge is 2.21. The number of carbonyl (C=O) groups is 1. The fraction of sp³-hybridized carbons (Fsp3) is 0.480. The van der Waals surface area contributed by atoms with Crippen molar-refractivity contribution in [3.63, 3.8) is 0 Å². The number of rotatable bonds is 7. The second-order valence-corrected chi connectivity index (χ2v) is 8.41. The summed E-state index contributed by atoms with van der Waals surface area (Å²) in [5.74, 6) is 0.950. The molecule has 1 heterocycles. The summed E-state index contributed by atoms with van der Waals surface area (Å²) >= 11 is 0. The lowest BCUT2D eigenvalue weighted by Gasteiger charge is -2.32. The molecule has 1 amide bonds. The average molecular weight is 379 g/mol. The standard InChI is InChI=1S/C25H34N2O/c1-20-9-10-24(17-21(20)2)19-27-15-13-22(14-16-27)11-12-25(28)26(3)18-23-7-5-4-6-8-23/h4-10,17,22H,11-16,18-19H2,1-3H3. The van der Waals surface area contributed by atoms with E-state index in [1.54, 1.807) is 0 Å². The molecule has 0 bridgehead atoms. The zero-order chi connectivity index (χ0) is 19.9. The van der Waals surface area contributed by atoms with Gasteiger partial charge in [-0.05, 0) is 74.4 Å². The molecule has 0 aliphatic carbocycles. The third kappa shape index (κ3) is 5.93. The first kappa shape index (κ1) is 20.6. The quantitative estimate of drug-likeness (QED) is 0.680. The minimum Gasteiger partial charge on any atom is -0.341 e. The van der Waals surface area contributed by atoms with Gasteiger partial charge in [0.2, 0.25) is 5.91 Å². The van der Waals surface area contributed by atoms with Crippen LogP contribution < -0.4 is 0 Å². The number of carbonyl (C=O) groups excluding carboxylic acids is 1. The first-order valence-corrected chi connectivity index (χ1v) is 10.6. The monoisotopic (exact) mass is 378 g/mol. The molecule has 3 nitrogen and oxygen atoms in total. The van der Waals surface area contributed by atoms with E-state index in [-0.39, 0.29) is 5.91 Å². The Kier molecular flexibility index (Phi) is 7.27. The van der Waals surface area contributed by atoms with E-state index in [0.29, 0.717) is 18.9 Å². The van der Waals surface area contributed by atoms with Crippen LogP contribution in [0.1, 0.15) is 47.9 Å². The van der Waals surface area contributed by atoms with Crippen LogP contribution in [0.2, 0.25) is 0 Å². The molecule has 1 aliphatic rings. The normalized spacial score (nSPS) is 15.5. The van der Waals surface area contributed by atoms with Gasteiger partial charge in [-0.2, -0.15) is 0 Å². The molecule has 28 heavy (non-hydrogen) atoms. The van der Waals surface area contributed by atoms with Crippen molar-refractivity contribution < 1.29 is 4.79 Å². The number of nitrogens with zero attached hydrogens (tertiary/aromatic N) is 2. The molecule has 0 atom stereocenters. The van der Waals surface area contributed by atoms with E-state index in [0.717, 1.165) is 26.1 Å². The van der Waals surface area contributed by atoms with E-state index < -0.39 is 0 Å². The van der Waals surface area contributed by atoms with Crippen LogP contribution in [0, 0.1) is 19.8 Å². The number of aryl methyl sites for hydroxylation is 2. The lowest BCUT2D eigenvalue weighted by atomic mass is 9.91. The van der Waals surface area contributed by atoms with Crippen molar-refractivity contribution in [2.24, 2.45) is 5.92 Å². The topological polar surface area (TPSA) is 23.6 Å². The molecule has 2 aromatic rings. The summed E-state index contributed by atoms with van der Waals surface area (Å²) in [4.78, 5) is 16.9.